The first kappa shape index (κ1) is 23.6. The molecular formula is C31H24F3NO. The number of ether oxygens (including phenoxy) is 1. The fraction of sp³-hybridized carbons (Fsp3) is 0.129. The molecule has 1 heterocycles. The fourth-order valence-corrected chi connectivity index (χ4v) is 4.40. The van der Waals surface area contributed by atoms with E-state index >= 15 is 0 Å². The lowest BCUT2D eigenvalue weighted by molar-refractivity contribution is -0.136. The zero-order chi connectivity index (χ0) is 25.3. The molecule has 0 amide bonds. The van der Waals surface area contributed by atoms with Crippen molar-refractivity contribution in [1.82, 2.24) is 4.98 Å². The van der Waals surface area contributed by atoms with Gasteiger partial charge < -0.3 is 4.74 Å². The number of hydrogen-bond donors (Lipinski definition) is 0. The Hall–Kier alpha value is -4.12. The zero-order valence-corrected chi connectivity index (χ0v) is 19.9. The monoisotopic (exact) mass is 483 g/mol. The van der Waals surface area contributed by atoms with E-state index in [1.54, 1.807) is 6.07 Å². The number of aromatic nitrogens is 1. The number of halogens is 3. The van der Waals surface area contributed by atoms with Gasteiger partial charge in [0.2, 0.25) is 0 Å². The maximum atomic E-state index is 13.8. The van der Waals surface area contributed by atoms with Gasteiger partial charge in [0.25, 0.3) is 0 Å². The Morgan fingerprint density at radius 3 is 2.25 bits per heavy atom. The van der Waals surface area contributed by atoms with Gasteiger partial charge in [-0.2, -0.15) is 13.2 Å². The number of alkyl halides is 3. The summed E-state index contributed by atoms with van der Waals surface area (Å²) in [5.74, 6) is 0.640. The summed E-state index contributed by atoms with van der Waals surface area (Å²) >= 11 is 0. The molecule has 0 aliphatic carbocycles. The van der Waals surface area contributed by atoms with Crippen molar-refractivity contribution in [2.45, 2.75) is 26.6 Å². The quantitative estimate of drug-likeness (QED) is 0.249. The predicted molar refractivity (Wildman–Crippen MR) is 138 cm³/mol. The largest absolute Gasteiger partial charge is 0.489 e. The smallest absolute Gasteiger partial charge is 0.418 e. The molecule has 0 atom stereocenters. The van der Waals surface area contributed by atoms with Gasteiger partial charge in [-0.15, -0.1) is 0 Å². The van der Waals surface area contributed by atoms with Crippen molar-refractivity contribution in [3.63, 3.8) is 0 Å². The summed E-state index contributed by atoms with van der Waals surface area (Å²) in [6.07, 6.45) is -2.97. The molecule has 180 valence electrons. The van der Waals surface area contributed by atoms with Crippen molar-refractivity contribution >= 4 is 10.9 Å². The van der Waals surface area contributed by atoms with Crippen LogP contribution >= 0.6 is 0 Å². The molecule has 0 unspecified atom stereocenters. The van der Waals surface area contributed by atoms with Crippen molar-refractivity contribution < 1.29 is 17.9 Å². The molecule has 0 N–H and O–H groups in total. The summed E-state index contributed by atoms with van der Waals surface area (Å²) in [6, 6.07) is 27.5. The van der Waals surface area contributed by atoms with Crippen molar-refractivity contribution in [2.24, 2.45) is 0 Å². The van der Waals surface area contributed by atoms with Crippen LogP contribution in [0.25, 0.3) is 33.2 Å². The molecule has 0 saturated carbocycles. The summed E-state index contributed by atoms with van der Waals surface area (Å²) in [6.45, 7) is 4.52. The molecule has 36 heavy (non-hydrogen) atoms. The van der Waals surface area contributed by atoms with E-state index in [2.05, 4.69) is 31.0 Å². The van der Waals surface area contributed by atoms with E-state index in [-0.39, 0.29) is 5.52 Å². The molecule has 5 rings (SSSR count). The van der Waals surface area contributed by atoms with Gasteiger partial charge in [-0.3, -0.25) is 4.98 Å². The minimum absolute atomic E-state index is 0.0684. The molecule has 2 nitrogen and oxygen atoms in total. The molecule has 0 radical (unpaired) electrons. The first-order chi connectivity index (χ1) is 17.3. The normalized spacial score (nSPS) is 11.6. The van der Waals surface area contributed by atoms with E-state index in [0.717, 1.165) is 28.3 Å². The Morgan fingerprint density at radius 2 is 1.50 bits per heavy atom. The molecule has 1 aromatic heterocycles. The first-order valence-electron chi connectivity index (χ1n) is 11.6. The standard InChI is InChI=1S/C31H24F3NO/c1-20-14-15-22(16-21(20)2)19-36-25-11-6-10-24(17-25)29-26-12-7-13-28(31(32,33)34)30(26)35-18-27(29)23-8-4-3-5-9-23/h3-18H,19H2,1-2H3. The SMILES string of the molecule is Cc1ccc(COc2cccc(-c3c(-c4ccccc4)cnc4c(C(F)(F)F)cccc34)c2)cc1C. The van der Waals surface area contributed by atoms with Gasteiger partial charge in [-0.25, -0.2) is 0 Å². The number of aryl methyl sites for hydroxylation is 2. The van der Waals surface area contributed by atoms with Crippen LogP contribution in [0, 0.1) is 13.8 Å². The van der Waals surface area contributed by atoms with Crippen molar-refractivity contribution in [3.8, 4) is 28.0 Å². The van der Waals surface area contributed by atoms with Gasteiger partial charge in [-0.1, -0.05) is 72.8 Å². The van der Waals surface area contributed by atoms with E-state index in [4.69, 9.17) is 4.74 Å². The summed E-state index contributed by atoms with van der Waals surface area (Å²) < 4.78 is 47.5. The zero-order valence-electron chi connectivity index (χ0n) is 19.9. The average molecular weight is 484 g/mol. The molecule has 0 spiro atoms. The van der Waals surface area contributed by atoms with Crippen LogP contribution in [0.15, 0.2) is 97.2 Å². The molecule has 0 bridgehead atoms. The Kier molecular flexibility index (Phi) is 6.23. The van der Waals surface area contributed by atoms with Gasteiger partial charge in [0.1, 0.15) is 12.4 Å². The Morgan fingerprint density at radius 1 is 0.750 bits per heavy atom. The lowest BCUT2D eigenvalue weighted by Gasteiger charge is -2.17. The highest BCUT2D eigenvalue weighted by atomic mass is 19.4. The third-order valence-corrected chi connectivity index (χ3v) is 6.39. The van der Waals surface area contributed by atoms with Crippen LogP contribution in [0.4, 0.5) is 13.2 Å². The molecule has 0 saturated heterocycles. The van der Waals surface area contributed by atoms with E-state index in [0.29, 0.717) is 23.3 Å². The summed E-state index contributed by atoms with van der Waals surface area (Å²) in [5, 5.41) is 0.442. The van der Waals surface area contributed by atoms with E-state index in [1.165, 1.54) is 23.4 Å². The fourth-order valence-electron chi connectivity index (χ4n) is 4.40. The summed E-state index contributed by atoms with van der Waals surface area (Å²) in [4.78, 5) is 4.27. The van der Waals surface area contributed by atoms with Crippen LogP contribution in [-0.4, -0.2) is 4.98 Å². The Balaban J connectivity index is 1.63. The highest BCUT2D eigenvalue weighted by molar-refractivity contribution is 6.03. The Labute approximate surface area is 208 Å². The summed E-state index contributed by atoms with van der Waals surface area (Å²) in [5.41, 5.74) is 5.74. The number of para-hydroxylation sites is 1. The molecule has 5 aromatic rings. The van der Waals surface area contributed by atoms with Crippen LogP contribution in [0.3, 0.4) is 0 Å². The van der Waals surface area contributed by atoms with Crippen LogP contribution in [-0.2, 0) is 12.8 Å². The van der Waals surface area contributed by atoms with Crippen LogP contribution < -0.4 is 4.74 Å². The number of hydrogen-bond acceptors (Lipinski definition) is 2. The number of pyridine rings is 1. The lowest BCUT2D eigenvalue weighted by Crippen LogP contribution is -2.07. The summed E-state index contributed by atoms with van der Waals surface area (Å²) in [7, 11) is 0. The van der Waals surface area contributed by atoms with Gasteiger partial charge in [0, 0.05) is 22.7 Å². The van der Waals surface area contributed by atoms with Gasteiger partial charge in [0.15, 0.2) is 0 Å². The molecule has 0 aliphatic rings. The third kappa shape index (κ3) is 4.69. The minimum Gasteiger partial charge on any atom is -0.489 e. The molecule has 0 fully saturated rings. The van der Waals surface area contributed by atoms with Crippen LogP contribution in [0.2, 0.25) is 0 Å². The second-order valence-electron chi connectivity index (χ2n) is 8.85. The Bertz CT molecular complexity index is 1540. The van der Waals surface area contributed by atoms with Gasteiger partial charge >= 0.3 is 6.18 Å². The third-order valence-electron chi connectivity index (χ3n) is 6.39. The van der Waals surface area contributed by atoms with Gasteiger partial charge in [0.05, 0.1) is 11.1 Å². The predicted octanol–water partition coefficient (Wildman–Crippen LogP) is 8.78. The number of nitrogens with zero attached hydrogens (tertiary/aromatic N) is 1. The average Bonchev–Trinajstić information content (AvgIpc) is 2.88. The minimum atomic E-state index is -4.50. The topological polar surface area (TPSA) is 22.1 Å². The maximum Gasteiger partial charge on any atom is 0.418 e. The molecule has 4 aromatic carbocycles. The van der Waals surface area contributed by atoms with Crippen molar-refractivity contribution in [3.05, 3.63) is 119 Å². The molecule has 5 heteroatoms. The van der Waals surface area contributed by atoms with Crippen molar-refractivity contribution in [1.29, 1.82) is 0 Å². The van der Waals surface area contributed by atoms with Gasteiger partial charge in [-0.05, 0) is 59.9 Å². The number of benzene rings is 4. The molecule has 0 aliphatic heterocycles. The number of rotatable bonds is 5. The first-order valence-corrected chi connectivity index (χ1v) is 11.6. The van der Waals surface area contributed by atoms with E-state index in [9.17, 15) is 13.2 Å². The van der Waals surface area contributed by atoms with E-state index in [1.807, 2.05) is 60.7 Å². The highest BCUT2D eigenvalue weighted by Crippen LogP contribution is 2.42. The molecular weight excluding hydrogens is 459 g/mol. The van der Waals surface area contributed by atoms with Crippen LogP contribution in [0.5, 0.6) is 5.75 Å². The van der Waals surface area contributed by atoms with E-state index < -0.39 is 11.7 Å². The second-order valence-corrected chi connectivity index (χ2v) is 8.85. The second kappa shape index (κ2) is 9.50. The lowest BCUT2D eigenvalue weighted by atomic mass is 9.91. The maximum absolute atomic E-state index is 13.8. The van der Waals surface area contributed by atoms with Crippen LogP contribution in [0.1, 0.15) is 22.3 Å². The highest BCUT2D eigenvalue weighted by Gasteiger charge is 2.33. The number of fused-ring (bicyclic) bond motifs is 1. The van der Waals surface area contributed by atoms with Crippen molar-refractivity contribution in [2.75, 3.05) is 0 Å².